The van der Waals surface area contributed by atoms with Crippen LogP contribution in [0.25, 0.3) is 16.7 Å². The second kappa shape index (κ2) is 9.44. The van der Waals surface area contributed by atoms with E-state index in [1.54, 1.807) is 23.1 Å². The maximum Gasteiger partial charge on any atom is 0.256 e. The van der Waals surface area contributed by atoms with E-state index in [4.69, 9.17) is 15.1 Å². The molecule has 3 heterocycles. The average molecular weight is 473 g/mol. The van der Waals surface area contributed by atoms with Crippen LogP contribution in [0.5, 0.6) is 0 Å². The fraction of sp³-hybridized carbons (Fsp3) is 0.333. The molecule has 0 bridgehead atoms. The quantitative estimate of drug-likeness (QED) is 0.438. The highest BCUT2D eigenvalue weighted by Crippen LogP contribution is 2.30. The molecule has 4 aromatic rings. The summed E-state index contributed by atoms with van der Waals surface area (Å²) in [7, 11) is 0. The molecular formula is C27H29FN6O. The standard InChI is InChI=1S/C27H29FN6O/c1-4-23-29-25(24-19(3)31-34(26(24)30-23)22-13-8-5-10-18(22)2)32-14-9-15-33(17-16-32)27(35)20-11-6-7-12-21(20)28/h5-8,10-13H,4,9,14-17H2,1-3H3. The molecule has 1 aliphatic heterocycles. The zero-order chi connectivity index (χ0) is 24.5. The smallest absolute Gasteiger partial charge is 0.256 e. The molecule has 7 nitrogen and oxygen atoms in total. The summed E-state index contributed by atoms with van der Waals surface area (Å²) in [5.41, 5.74) is 3.89. The highest BCUT2D eigenvalue weighted by molar-refractivity contribution is 5.95. The Morgan fingerprint density at radius 3 is 2.51 bits per heavy atom. The van der Waals surface area contributed by atoms with Crippen LogP contribution in [0.2, 0.25) is 0 Å². The van der Waals surface area contributed by atoms with Crippen molar-refractivity contribution >= 4 is 22.8 Å². The number of anilines is 1. The zero-order valence-electron chi connectivity index (χ0n) is 20.3. The van der Waals surface area contributed by atoms with Crippen LogP contribution >= 0.6 is 0 Å². The van der Waals surface area contributed by atoms with Crippen molar-refractivity contribution < 1.29 is 9.18 Å². The van der Waals surface area contributed by atoms with Crippen molar-refractivity contribution in [2.24, 2.45) is 0 Å². The molecule has 1 fully saturated rings. The number of rotatable bonds is 4. The topological polar surface area (TPSA) is 67.2 Å². The lowest BCUT2D eigenvalue weighted by Gasteiger charge is -2.24. The Hall–Kier alpha value is -3.81. The number of hydrogen-bond donors (Lipinski definition) is 0. The Morgan fingerprint density at radius 1 is 0.971 bits per heavy atom. The predicted octanol–water partition coefficient (Wildman–Crippen LogP) is 4.49. The molecule has 5 rings (SSSR count). The minimum absolute atomic E-state index is 0.119. The number of aromatic nitrogens is 4. The summed E-state index contributed by atoms with van der Waals surface area (Å²) in [6.45, 7) is 8.50. The first-order chi connectivity index (χ1) is 17.0. The van der Waals surface area contributed by atoms with Crippen LogP contribution in [0.3, 0.4) is 0 Å². The fourth-order valence-electron chi connectivity index (χ4n) is 4.70. The second-order valence-electron chi connectivity index (χ2n) is 8.91. The van der Waals surface area contributed by atoms with Gasteiger partial charge in [-0.15, -0.1) is 0 Å². The van der Waals surface area contributed by atoms with E-state index in [-0.39, 0.29) is 11.5 Å². The first-order valence-electron chi connectivity index (χ1n) is 12.1. The van der Waals surface area contributed by atoms with Crippen molar-refractivity contribution in [2.75, 3.05) is 31.1 Å². The van der Waals surface area contributed by atoms with Crippen LogP contribution in [-0.4, -0.2) is 56.7 Å². The molecule has 0 spiro atoms. The molecule has 180 valence electrons. The summed E-state index contributed by atoms with van der Waals surface area (Å²) in [5, 5.41) is 5.78. The molecule has 2 aromatic heterocycles. The van der Waals surface area contributed by atoms with Crippen molar-refractivity contribution in [1.29, 1.82) is 0 Å². The molecule has 0 saturated carbocycles. The van der Waals surface area contributed by atoms with E-state index in [1.165, 1.54) is 6.07 Å². The summed E-state index contributed by atoms with van der Waals surface area (Å²) in [5.74, 6) is 0.855. The van der Waals surface area contributed by atoms with E-state index in [0.717, 1.165) is 52.6 Å². The normalized spacial score (nSPS) is 14.4. The van der Waals surface area contributed by atoms with Crippen LogP contribution in [-0.2, 0) is 6.42 Å². The van der Waals surface area contributed by atoms with E-state index in [1.807, 2.05) is 36.7 Å². The molecular weight excluding hydrogens is 443 g/mol. The average Bonchev–Trinajstić information content (AvgIpc) is 3.04. The lowest BCUT2D eigenvalue weighted by molar-refractivity contribution is 0.0762. The van der Waals surface area contributed by atoms with Gasteiger partial charge < -0.3 is 9.80 Å². The SMILES string of the molecule is CCc1nc(N2CCCN(C(=O)c3ccccc3F)CC2)c2c(C)nn(-c3ccccc3C)c2n1. The molecule has 1 saturated heterocycles. The van der Waals surface area contributed by atoms with E-state index in [2.05, 4.69) is 17.9 Å². The number of hydrogen-bond acceptors (Lipinski definition) is 5. The van der Waals surface area contributed by atoms with Crippen molar-refractivity contribution in [3.8, 4) is 5.69 Å². The monoisotopic (exact) mass is 472 g/mol. The molecule has 0 radical (unpaired) electrons. The number of carbonyl (C=O) groups is 1. The third kappa shape index (κ3) is 4.24. The van der Waals surface area contributed by atoms with Gasteiger partial charge in [0.05, 0.1) is 22.3 Å². The van der Waals surface area contributed by atoms with Crippen LogP contribution in [0, 0.1) is 19.7 Å². The molecule has 35 heavy (non-hydrogen) atoms. The predicted molar refractivity (Wildman–Crippen MR) is 135 cm³/mol. The number of aryl methyl sites for hydroxylation is 3. The Kier molecular flexibility index (Phi) is 6.19. The van der Waals surface area contributed by atoms with Crippen LogP contribution in [0.4, 0.5) is 10.2 Å². The number of fused-ring (bicyclic) bond motifs is 1. The molecule has 1 aliphatic rings. The number of para-hydroxylation sites is 1. The van der Waals surface area contributed by atoms with Gasteiger partial charge in [0.25, 0.3) is 5.91 Å². The molecule has 0 aliphatic carbocycles. The van der Waals surface area contributed by atoms with Gasteiger partial charge in [0.2, 0.25) is 0 Å². The largest absolute Gasteiger partial charge is 0.354 e. The zero-order valence-corrected chi connectivity index (χ0v) is 20.3. The molecule has 8 heteroatoms. The van der Waals surface area contributed by atoms with Crippen molar-refractivity contribution in [2.45, 2.75) is 33.6 Å². The Morgan fingerprint density at radius 2 is 1.74 bits per heavy atom. The van der Waals surface area contributed by atoms with Gasteiger partial charge in [0.1, 0.15) is 17.5 Å². The number of nitrogens with zero attached hydrogens (tertiary/aromatic N) is 6. The number of carbonyl (C=O) groups excluding carboxylic acids is 1. The maximum atomic E-state index is 14.2. The van der Waals surface area contributed by atoms with Gasteiger partial charge in [-0.3, -0.25) is 4.79 Å². The second-order valence-corrected chi connectivity index (χ2v) is 8.91. The van der Waals surface area contributed by atoms with Crippen LogP contribution in [0.1, 0.15) is 40.8 Å². The Bertz CT molecular complexity index is 1400. The minimum atomic E-state index is -0.483. The lowest BCUT2D eigenvalue weighted by atomic mass is 10.2. The highest BCUT2D eigenvalue weighted by atomic mass is 19.1. The van der Waals surface area contributed by atoms with Gasteiger partial charge in [-0.05, 0) is 44.0 Å². The van der Waals surface area contributed by atoms with Gasteiger partial charge in [0.15, 0.2) is 5.65 Å². The first-order valence-corrected chi connectivity index (χ1v) is 12.1. The number of benzene rings is 2. The van der Waals surface area contributed by atoms with E-state index >= 15 is 0 Å². The summed E-state index contributed by atoms with van der Waals surface area (Å²) < 4.78 is 16.1. The van der Waals surface area contributed by atoms with E-state index in [9.17, 15) is 9.18 Å². The van der Waals surface area contributed by atoms with Crippen LogP contribution in [0.15, 0.2) is 48.5 Å². The van der Waals surface area contributed by atoms with Gasteiger partial charge in [-0.25, -0.2) is 19.0 Å². The van der Waals surface area contributed by atoms with E-state index in [0.29, 0.717) is 26.1 Å². The lowest BCUT2D eigenvalue weighted by Crippen LogP contribution is -2.36. The van der Waals surface area contributed by atoms with Gasteiger partial charge in [-0.2, -0.15) is 5.10 Å². The summed E-state index contributed by atoms with van der Waals surface area (Å²) in [6, 6.07) is 14.3. The van der Waals surface area contributed by atoms with Crippen molar-refractivity contribution in [3.63, 3.8) is 0 Å². The number of halogens is 1. The molecule has 2 aromatic carbocycles. The third-order valence-electron chi connectivity index (χ3n) is 6.58. The molecule has 0 unspecified atom stereocenters. The van der Waals surface area contributed by atoms with Gasteiger partial charge in [-0.1, -0.05) is 37.3 Å². The summed E-state index contributed by atoms with van der Waals surface area (Å²) >= 11 is 0. The van der Waals surface area contributed by atoms with Gasteiger partial charge in [0, 0.05) is 32.6 Å². The summed E-state index contributed by atoms with van der Waals surface area (Å²) in [4.78, 5) is 26.7. The highest BCUT2D eigenvalue weighted by Gasteiger charge is 2.26. The molecule has 1 amide bonds. The summed E-state index contributed by atoms with van der Waals surface area (Å²) in [6.07, 6.45) is 1.46. The third-order valence-corrected chi connectivity index (χ3v) is 6.58. The maximum absolute atomic E-state index is 14.2. The van der Waals surface area contributed by atoms with Gasteiger partial charge >= 0.3 is 0 Å². The van der Waals surface area contributed by atoms with Crippen molar-refractivity contribution in [1.82, 2.24) is 24.6 Å². The van der Waals surface area contributed by atoms with Crippen LogP contribution < -0.4 is 4.90 Å². The molecule has 0 N–H and O–H groups in total. The molecule has 0 atom stereocenters. The minimum Gasteiger partial charge on any atom is -0.354 e. The van der Waals surface area contributed by atoms with Crippen molar-refractivity contribution in [3.05, 3.63) is 77.0 Å². The first kappa shape index (κ1) is 23.0. The fourth-order valence-corrected chi connectivity index (χ4v) is 4.70. The Balaban J connectivity index is 1.51. The van der Waals surface area contributed by atoms with E-state index < -0.39 is 5.82 Å². The Labute approximate surface area is 204 Å². The number of amides is 1.